The predicted molar refractivity (Wildman–Crippen MR) is 89.9 cm³/mol. The molecule has 0 saturated carbocycles. The van der Waals surface area contributed by atoms with Gasteiger partial charge in [0.2, 0.25) is 0 Å². The van der Waals surface area contributed by atoms with Crippen molar-refractivity contribution < 1.29 is 15.0 Å². The Morgan fingerprint density at radius 1 is 1.35 bits per heavy atom. The third-order valence-electron chi connectivity index (χ3n) is 3.23. The van der Waals surface area contributed by atoms with E-state index in [0.717, 1.165) is 21.3 Å². The van der Waals surface area contributed by atoms with Gasteiger partial charge in [0.1, 0.15) is 21.3 Å². The number of carbonyl (C=O) groups is 1. The van der Waals surface area contributed by atoms with E-state index in [0.29, 0.717) is 17.1 Å². The Morgan fingerprint density at radius 3 is 2.74 bits per heavy atom. The molecule has 23 heavy (non-hydrogen) atoms. The van der Waals surface area contributed by atoms with Gasteiger partial charge in [0, 0.05) is 17.5 Å². The number of aromatic nitrogens is 2. The van der Waals surface area contributed by atoms with Crippen LogP contribution in [0.5, 0.6) is 5.75 Å². The number of aromatic carboxylic acids is 1. The van der Waals surface area contributed by atoms with Gasteiger partial charge in [0.05, 0.1) is 16.3 Å². The average Bonchev–Trinajstić information content (AvgIpc) is 3.13. The summed E-state index contributed by atoms with van der Waals surface area (Å²) < 4.78 is 0. The van der Waals surface area contributed by atoms with Crippen molar-refractivity contribution in [3.63, 3.8) is 0 Å². The van der Waals surface area contributed by atoms with Crippen LogP contribution < -0.4 is 5.73 Å². The minimum atomic E-state index is -1.16. The van der Waals surface area contributed by atoms with Gasteiger partial charge in [-0.1, -0.05) is 6.07 Å². The second kappa shape index (κ2) is 6.07. The maximum atomic E-state index is 10.9. The minimum absolute atomic E-state index is 0.128. The van der Waals surface area contributed by atoms with E-state index in [-0.39, 0.29) is 11.3 Å². The molecule has 8 heteroatoms. The Kier molecular flexibility index (Phi) is 4.12. The number of nitrogens with zero attached hydrogens (tertiary/aromatic N) is 2. The highest BCUT2D eigenvalue weighted by molar-refractivity contribution is 7.16. The van der Waals surface area contributed by atoms with Gasteiger partial charge in [0.15, 0.2) is 0 Å². The van der Waals surface area contributed by atoms with Gasteiger partial charge in [-0.05, 0) is 19.1 Å². The lowest BCUT2D eigenvalue weighted by Gasteiger charge is -2.01. The molecule has 0 aliphatic carbocycles. The Labute approximate surface area is 139 Å². The summed E-state index contributed by atoms with van der Waals surface area (Å²) in [5.74, 6) is -1.44. The van der Waals surface area contributed by atoms with Crippen LogP contribution in [0.3, 0.4) is 0 Å². The highest BCUT2D eigenvalue weighted by Gasteiger charge is 2.15. The second-order valence-corrected chi connectivity index (χ2v) is 6.74. The molecule has 3 aromatic rings. The molecule has 118 valence electrons. The van der Waals surface area contributed by atoms with Crippen LogP contribution in [-0.4, -0.2) is 26.2 Å². The lowest BCUT2D eigenvalue weighted by Crippen LogP contribution is -1.96. The molecule has 3 rings (SSSR count). The van der Waals surface area contributed by atoms with Crippen LogP contribution >= 0.6 is 22.7 Å². The van der Waals surface area contributed by atoms with E-state index in [9.17, 15) is 9.90 Å². The highest BCUT2D eigenvalue weighted by atomic mass is 32.1. The fraction of sp³-hybridized carbons (Fsp3) is 0.133. The molecule has 0 radical (unpaired) electrons. The number of aromatic hydroxyl groups is 1. The Bertz CT molecular complexity index is 886. The first kappa shape index (κ1) is 15.6. The highest BCUT2D eigenvalue weighted by Crippen LogP contribution is 2.35. The first-order valence-electron chi connectivity index (χ1n) is 6.68. The van der Waals surface area contributed by atoms with Crippen molar-refractivity contribution >= 4 is 28.6 Å². The van der Waals surface area contributed by atoms with Crippen molar-refractivity contribution in [1.29, 1.82) is 0 Å². The first-order valence-corrected chi connectivity index (χ1v) is 8.38. The summed E-state index contributed by atoms with van der Waals surface area (Å²) in [6, 6.07) is 4.42. The van der Waals surface area contributed by atoms with Crippen molar-refractivity contribution in [2.45, 2.75) is 13.5 Å². The molecular weight excluding hydrogens is 334 g/mol. The average molecular weight is 347 g/mol. The summed E-state index contributed by atoms with van der Waals surface area (Å²) in [6.45, 7) is 2.31. The second-order valence-electron chi connectivity index (χ2n) is 4.80. The van der Waals surface area contributed by atoms with Gasteiger partial charge >= 0.3 is 5.97 Å². The molecule has 2 heterocycles. The van der Waals surface area contributed by atoms with Gasteiger partial charge in [0.25, 0.3) is 0 Å². The van der Waals surface area contributed by atoms with Crippen molar-refractivity contribution in [2.75, 3.05) is 0 Å². The zero-order chi connectivity index (χ0) is 16.6. The van der Waals surface area contributed by atoms with Crippen LogP contribution in [0.4, 0.5) is 0 Å². The quantitative estimate of drug-likeness (QED) is 0.669. The zero-order valence-electron chi connectivity index (χ0n) is 12.1. The van der Waals surface area contributed by atoms with Crippen LogP contribution in [0.1, 0.15) is 21.1 Å². The lowest BCUT2D eigenvalue weighted by atomic mass is 10.1. The summed E-state index contributed by atoms with van der Waals surface area (Å²) in [4.78, 5) is 20.9. The number of nitrogens with two attached hydrogens (primary N) is 1. The van der Waals surface area contributed by atoms with Crippen LogP contribution in [0, 0.1) is 6.92 Å². The standard InChI is InChI=1S/C15H13N3O3S2/c1-7-13(23-12(5-16)17-7)10-6-22-14(18-10)8-2-3-9(15(20)21)11(19)4-8/h2-4,6,19H,5,16H2,1H3,(H,20,21). The molecule has 0 unspecified atom stereocenters. The number of aryl methyl sites for hydroxylation is 1. The van der Waals surface area contributed by atoms with E-state index in [4.69, 9.17) is 10.8 Å². The van der Waals surface area contributed by atoms with Crippen LogP contribution in [0.15, 0.2) is 23.6 Å². The molecule has 1 aromatic carbocycles. The van der Waals surface area contributed by atoms with Crippen molar-refractivity contribution in [2.24, 2.45) is 5.73 Å². The number of benzene rings is 1. The summed E-state index contributed by atoms with van der Waals surface area (Å²) in [5.41, 5.74) is 7.85. The summed E-state index contributed by atoms with van der Waals surface area (Å²) in [7, 11) is 0. The summed E-state index contributed by atoms with van der Waals surface area (Å²) >= 11 is 2.94. The Hall–Kier alpha value is -2.29. The van der Waals surface area contributed by atoms with Crippen LogP contribution in [0.25, 0.3) is 21.1 Å². The molecule has 4 N–H and O–H groups in total. The van der Waals surface area contributed by atoms with E-state index in [1.807, 2.05) is 12.3 Å². The van der Waals surface area contributed by atoms with Gasteiger partial charge in [-0.3, -0.25) is 0 Å². The van der Waals surface area contributed by atoms with Crippen LogP contribution in [-0.2, 0) is 6.54 Å². The van der Waals surface area contributed by atoms with Gasteiger partial charge < -0.3 is 15.9 Å². The largest absolute Gasteiger partial charge is 0.507 e. The Morgan fingerprint density at radius 2 is 2.13 bits per heavy atom. The minimum Gasteiger partial charge on any atom is -0.507 e. The van der Waals surface area contributed by atoms with Crippen molar-refractivity contribution in [3.05, 3.63) is 39.8 Å². The van der Waals surface area contributed by atoms with Gasteiger partial charge in [-0.15, -0.1) is 22.7 Å². The topological polar surface area (TPSA) is 109 Å². The van der Waals surface area contributed by atoms with Gasteiger partial charge in [-0.25, -0.2) is 14.8 Å². The van der Waals surface area contributed by atoms with E-state index in [1.165, 1.54) is 34.8 Å². The first-order chi connectivity index (χ1) is 11.0. The molecule has 0 fully saturated rings. The van der Waals surface area contributed by atoms with E-state index < -0.39 is 5.97 Å². The van der Waals surface area contributed by atoms with E-state index >= 15 is 0 Å². The molecule has 0 spiro atoms. The number of carboxylic acid groups (broad SMARTS) is 1. The molecule has 2 aromatic heterocycles. The maximum Gasteiger partial charge on any atom is 0.339 e. The molecule has 0 saturated heterocycles. The third-order valence-corrected chi connectivity index (χ3v) is 5.32. The lowest BCUT2D eigenvalue weighted by molar-refractivity contribution is 0.0694. The van der Waals surface area contributed by atoms with Crippen molar-refractivity contribution in [1.82, 2.24) is 9.97 Å². The van der Waals surface area contributed by atoms with E-state index in [1.54, 1.807) is 6.07 Å². The van der Waals surface area contributed by atoms with Crippen LogP contribution in [0.2, 0.25) is 0 Å². The normalized spacial score (nSPS) is 10.9. The van der Waals surface area contributed by atoms with E-state index in [2.05, 4.69) is 9.97 Å². The summed E-state index contributed by atoms with van der Waals surface area (Å²) in [5, 5.41) is 22.2. The molecule has 0 atom stereocenters. The van der Waals surface area contributed by atoms with Crippen molar-refractivity contribution in [3.8, 4) is 26.9 Å². The number of thiazole rings is 2. The number of phenols is 1. The SMILES string of the molecule is Cc1nc(CN)sc1-c1csc(-c2ccc(C(=O)O)c(O)c2)n1. The molecule has 6 nitrogen and oxygen atoms in total. The number of hydrogen-bond acceptors (Lipinski definition) is 7. The fourth-order valence-corrected chi connectivity index (χ4v) is 3.92. The Balaban J connectivity index is 1.97. The molecule has 0 amide bonds. The fourth-order valence-electron chi connectivity index (χ4n) is 2.13. The van der Waals surface area contributed by atoms with Gasteiger partial charge in [-0.2, -0.15) is 0 Å². The monoisotopic (exact) mass is 347 g/mol. The molecule has 0 bridgehead atoms. The molecule has 0 aliphatic heterocycles. The third kappa shape index (κ3) is 2.96. The molecular formula is C15H13N3O3S2. The predicted octanol–water partition coefficient (Wildman–Crippen LogP) is 3.10. The number of hydrogen-bond donors (Lipinski definition) is 3. The summed E-state index contributed by atoms with van der Waals surface area (Å²) in [6.07, 6.45) is 0. The zero-order valence-corrected chi connectivity index (χ0v) is 13.7. The smallest absolute Gasteiger partial charge is 0.339 e. The number of rotatable bonds is 4. The molecule has 0 aliphatic rings. The maximum absolute atomic E-state index is 10.9. The number of carboxylic acids is 1.